The summed E-state index contributed by atoms with van der Waals surface area (Å²) >= 11 is 1.08. The molecule has 0 bridgehead atoms. The molecule has 0 saturated heterocycles. The molecule has 0 aliphatic rings. The Morgan fingerprint density at radius 1 is 1.32 bits per heavy atom. The summed E-state index contributed by atoms with van der Waals surface area (Å²) in [4.78, 5) is 11.5. The molecule has 1 amide bonds. The number of hydrogen-bond donors (Lipinski definition) is 2. The summed E-state index contributed by atoms with van der Waals surface area (Å²) in [7, 11) is 0. The molecule has 0 aliphatic carbocycles. The van der Waals surface area contributed by atoms with E-state index < -0.39 is 18.5 Å². The van der Waals surface area contributed by atoms with E-state index in [1.54, 1.807) is 0 Å². The number of rotatable bonds is 7. The third kappa shape index (κ3) is 6.37. The smallest absolute Gasteiger partial charge is 0.360 e. The van der Waals surface area contributed by atoms with Gasteiger partial charge in [-0.1, -0.05) is 18.3 Å². The van der Waals surface area contributed by atoms with Crippen LogP contribution in [0.15, 0.2) is 0 Å². The molecular formula is C10H15F3N4OS. The maximum atomic E-state index is 11.9. The van der Waals surface area contributed by atoms with Crippen molar-refractivity contribution in [2.45, 2.75) is 32.4 Å². The van der Waals surface area contributed by atoms with Gasteiger partial charge in [0.25, 0.3) is 5.91 Å². The Bertz CT molecular complexity index is 408. The number of nitrogens with one attached hydrogen (secondary N) is 2. The fourth-order valence-electron chi connectivity index (χ4n) is 1.18. The van der Waals surface area contributed by atoms with Gasteiger partial charge in [-0.25, -0.2) is 0 Å². The van der Waals surface area contributed by atoms with Crippen LogP contribution >= 0.6 is 11.3 Å². The minimum Gasteiger partial charge on any atom is -0.360 e. The maximum Gasteiger partial charge on any atom is 0.389 e. The van der Waals surface area contributed by atoms with Gasteiger partial charge in [-0.15, -0.1) is 10.2 Å². The van der Waals surface area contributed by atoms with Crippen LogP contribution in [0.25, 0.3) is 0 Å². The van der Waals surface area contributed by atoms with Crippen molar-refractivity contribution >= 4 is 22.4 Å². The molecule has 0 spiro atoms. The van der Waals surface area contributed by atoms with E-state index >= 15 is 0 Å². The average molecular weight is 296 g/mol. The van der Waals surface area contributed by atoms with E-state index in [-0.39, 0.29) is 18.0 Å². The van der Waals surface area contributed by atoms with Crippen molar-refractivity contribution in [2.75, 3.05) is 18.4 Å². The summed E-state index contributed by atoms with van der Waals surface area (Å²) in [6, 6.07) is 0. The highest BCUT2D eigenvalue weighted by Gasteiger charge is 2.26. The Morgan fingerprint density at radius 3 is 2.68 bits per heavy atom. The molecule has 0 radical (unpaired) electrons. The monoisotopic (exact) mass is 296 g/mol. The first-order chi connectivity index (χ1) is 8.92. The van der Waals surface area contributed by atoms with Gasteiger partial charge >= 0.3 is 6.18 Å². The molecular weight excluding hydrogens is 281 g/mol. The van der Waals surface area contributed by atoms with Crippen LogP contribution in [0.3, 0.4) is 0 Å². The lowest BCUT2D eigenvalue weighted by Crippen LogP contribution is -2.25. The summed E-state index contributed by atoms with van der Waals surface area (Å²) in [5.41, 5.74) is 0. The summed E-state index contributed by atoms with van der Waals surface area (Å²) < 4.78 is 35.7. The predicted octanol–water partition coefficient (Wildman–Crippen LogP) is 2.43. The number of alkyl halides is 3. The standard InChI is InChI=1S/C10H15F3N4OS/c1-2-5-15-9-17-16-8(19-9)7(18)14-6-3-4-10(11,12)13/h2-6H2,1H3,(H,14,18)(H,15,17). The quantitative estimate of drug-likeness (QED) is 0.758. The maximum absolute atomic E-state index is 11.9. The Labute approximate surface area is 112 Å². The number of carbonyl (C=O) groups excluding carboxylic acids is 1. The van der Waals surface area contributed by atoms with Gasteiger partial charge in [0.1, 0.15) is 0 Å². The van der Waals surface area contributed by atoms with Gasteiger partial charge in [0.05, 0.1) is 0 Å². The molecule has 1 aromatic heterocycles. The van der Waals surface area contributed by atoms with Gasteiger partial charge in [0.2, 0.25) is 10.1 Å². The summed E-state index contributed by atoms with van der Waals surface area (Å²) in [5, 5.41) is 13.5. The van der Waals surface area contributed by atoms with Crippen LogP contribution in [0, 0.1) is 0 Å². The van der Waals surface area contributed by atoms with E-state index in [1.165, 1.54) is 0 Å². The van der Waals surface area contributed by atoms with Crippen molar-refractivity contribution in [3.63, 3.8) is 0 Å². The molecule has 5 nitrogen and oxygen atoms in total. The highest BCUT2D eigenvalue weighted by Crippen LogP contribution is 2.20. The lowest BCUT2D eigenvalue weighted by molar-refractivity contribution is -0.135. The fourth-order valence-corrected chi connectivity index (χ4v) is 1.87. The Morgan fingerprint density at radius 2 is 2.05 bits per heavy atom. The minimum absolute atomic E-state index is 0.0321. The first kappa shape index (κ1) is 15.7. The number of nitrogens with zero attached hydrogens (tertiary/aromatic N) is 2. The first-order valence-corrected chi connectivity index (χ1v) is 6.66. The van der Waals surface area contributed by atoms with E-state index in [4.69, 9.17) is 0 Å². The molecule has 0 aliphatic heterocycles. The molecule has 1 aromatic rings. The topological polar surface area (TPSA) is 66.9 Å². The highest BCUT2D eigenvalue weighted by molar-refractivity contribution is 7.17. The second-order valence-corrected chi connectivity index (χ2v) is 4.79. The molecule has 9 heteroatoms. The van der Waals surface area contributed by atoms with Gasteiger partial charge in [-0.3, -0.25) is 4.79 Å². The SMILES string of the molecule is CCCNc1nnc(C(=O)NCCCC(F)(F)F)s1. The average Bonchev–Trinajstić information content (AvgIpc) is 2.79. The largest absolute Gasteiger partial charge is 0.389 e. The van der Waals surface area contributed by atoms with Gasteiger partial charge < -0.3 is 10.6 Å². The molecule has 0 fully saturated rings. The number of halogens is 3. The van der Waals surface area contributed by atoms with Crippen molar-refractivity contribution in [3.05, 3.63) is 5.01 Å². The van der Waals surface area contributed by atoms with Crippen molar-refractivity contribution < 1.29 is 18.0 Å². The van der Waals surface area contributed by atoms with Crippen molar-refractivity contribution in [1.82, 2.24) is 15.5 Å². The molecule has 0 atom stereocenters. The zero-order valence-corrected chi connectivity index (χ0v) is 11.2. The Balaban J connectivity index is 2.31. The normalized spacial score (nSPS) is 11.4. The third-order valence-corrected chi connectivity index (χ3v) is 2.95. The molecule has 1 heterocycles. The predicted molar refractivity (Wildman–Crippen MR) is 66.3 cm³/mol. The van der Waals surface area contributed by atoms with Crippen LogP contribution in [0.5, 0.6) is 0 Å². The second-order valence-electron chi connectivity index (χ2n) is 3.81. The van der Waals surface area contributed by atoms with Gasteiger partial charge in [0, 0.05) is 19.5 Å². The second kappa shape index (κ2) is 7.27. The van der Waals surface area contributed by atoms with Crippen molar-refractivity contribution in [2.24, 2.45) is 0 Å². The van der Waals surface area contributed by atoms with E-state index in [9.17, 15) is 18.0 Å². The summed E-state index contributed by atoms with van der Waals surface area (Å²) in [6.45, 7) is 2.68. The van der Waals surface area contributed by atoms with E-state index in [2.05, 4.69) is 20.8 Å². The summed E-state index contributed by atoms with van der Waals surface area (Å²) in [5.74, 6) is -0.496. The van der Waals surface area contributed by atoms with E-state index in [0.717, 1.165) is 24.3 Å². The molecule has 1 rings (SSSR count). The Kier molecular flexibility index (Phi) is 6.00. The van der Waals surface area contributed by atoms with Crippen LogP contribution in [0.4, 0.5) is 18.3 Å². The lowest BCUT2D eigenvalue weighted by atomic mass is 10.3. The van der Waals surface area contributed by atoms with E-state index in [1.807, 2.05) is 6.92 Å². The van der Waals surface area contributed by atoms with Gasteiger partial charge in [0.15, 0.2) is 0 Å². The van der Waals surface area contributed by atoms with E-state index in [0.29, 0.717) is 5.13 Å². The molecule has 108 valence electrons. The number of aromatic nitrogens is 2. The fraction of sp³-hybridized carbons (Fsp3) is 0.700. The van der Waals surface area contributed by atoms with Crippen LogP contribution in [0.1, 0.15) is 36.0 Å². The van der Waals surface area contributed by atoms with Crippen molar-refractivity contribution in [1.29, 1.82) is 0 Å². The first-order valence-electron chi connectivity index (χ1n) is 5.84. The zero-order valence-electron chi connectivity index (χ0n) is 10.4. The third-order valence-electron chi connectivity index (χ3n) is 2.07. The molecule has 2 N–H and O–H groups in total. The minimum atomic E-state index is -4.19. The van der Waals surface area contributed by atoms with Crippen LogP contribution in [0.2, 0.25) is 0 Å². The van der Waals surface area contributed by atoms with Gasteiger partial charge in [-0.05, 0) is 12.8 Å². The molecule has 0 unspecified atom stereocenters. The number of carbonyl (C=O) groups is 1. The van der Waals surface area contributed by atoms with Crippen molar-refractivity contribution in [3.8, 4) is 0 Å². The van der Waals surface area contributed by atoms with Crippen LogP contribution in [-0.4, -0.2) is 35.4 Å². The molecule has 19 heavy (non-hydrogen) atoms. The molecule has 0 aromatic carbocycles. The van der Waals surface area contributed by atoms with Crippen LogP contribution < -0.4 is 10.6 Å². The van der Waals surface area contributed by atoms with Gasteiger partial charge in [-0.2, -0.15) is 13.2 Å². The molecule has 0 saturated carbocycles. The number of anilines is 1. The highest BCUT2D eigenvalue weighted by atomic mass is 32.1. The summed E-state index contributed by atoms with van der Waals surface area (Å²) in [6.07, 6.45) is -4.33. The van der Waals surface area contributed by atoms with Crippen LogP contribution in [-0.2, 0) is 0 Å². The zero-order chi connectivity index (χ0) is 14.3. The number of hydrogen-bond acceptors (Lipinski definition) is 5. The number of amides is 1. The Hall–Kier alpha value is -1.38. The lowest BCUT2D eigenvalue weighted by Gasteiger charge is -2.05.